The molecule has 0 heterocycles. The van der Waals surface area contributed by atoms with Crippen LogP contribution in [0.4, 0.5) is 0 Å². The van der Waals surface area contributed by atoms with Crippen molar-refractivity contribution in [3.8, 4) is 0 Å². The van der Waals surface area contributed by atoms with Crippen molar-refractivity contribution in [3.05, 3.63) is 12.2 Å². The molecule has 0 atom stereocenters. The van der Waals surface area contributed by atoms with E-state index in [9.17, 15) is 4.79 Å². The summed E-state index contributed by atoms with van der Waals surface area (Å²) in [7, 11) is 0. The van der Waals surface area contributed by atoms with E-state index < -0.39 is 0 Å². The fourth-order valence-corrected chi connectivity index (χ4v) is 1.58. The monoisotopic (exact) mass is 256 g/mol. The Balaban J connectivity index is 3.15. The molecule has 0 radical (unpaired) electrons. The highest BCUT2D eigenvalue weighted by Gasteiger charge is 2.01. The number of ether oxygens (including phenoxy) is 2. The van der Waals surface area contributed by atoms with Gasteiger partial charge < -0.3 is 9.47 Å². The van der Waals surface area contributed by atoms with Crippen LogP contribution < -0.4 is 0 Å². The fourth-order valence-electron chi connectivity index (χ4n) is 1.58. The van der Waals surface area contributed by atoms with E-state index in [2.05, 4.69) is 13.0 Å². The van der Waals surface area contributed by atoms with E-state index in [1.54, 1.807) is 0 Å². The molecule has 0 fully saturated rings. The van der Waals surface area contributed by atoms with Gasteiger partial charge in [-0.05, 0) is 26.2 Å². The Bertz CT molecular complexity index is 212. The van der Waals surface area contributed by atoms with Gasteiger partial charge in [0.15, 0.2) is 6.79 Å². The first-order valence-electron chi connectivity index (χ1n) is 7.15. The second kappa shape index (κ2) is 14.2. The van der Waals surface area contributed by atoms with Gasteiger partial charge in [0.05, 0.1) is 6.61 Å². The van der Waals surface area contributed by atoms with E-state index in [4.69, 9.17) is 9.47 Å². The van der Waals surface area contributed by atoms with Crippen LogP contribution in [-0.4, -0.2) is 19.4 Å². The van der Waals surface area contributed by atoms with Crippen molar-refractivity contribution in [3.63, 3.8) is 0 Å². The maximum atomic E-state index is 11.3. The lowest BCUT2D eigenvalue weighted by Crippen LogP contribution is -2.08. The van der Waals surface area contributed by atoms with Crippen LogP contribution in [0.2, 0.25) is 0 Å². The lowest BCUT2D eigenvalue weighted by Gasteiger charge is -2.05. The van der Waals surface area contributed by atoms with E-state index in [0.29, 0.717) is 13.0 Å². The van der Waals surface area contributed by atoms with E-state index in [0.717, 1.165) is 19.3 Å². The molecule has 0 amide bonds. The lowest BCUT2D eigenvalue weighted by atomic mass is 10.2. The van der Waals surface area contributed by atoms with Gasteiger partial charge >= 0.3 is 5.97 Å². The van der Waals surface area contributed by atoms with Gasteiger partial charge in [0.1, 0.15) is 0 Å². The molecule has 0 aromatic carbocycles. The van der Waals surface area contributed by atoms with Crippen LogP contribution in [-0.2, 0) is 14.3 Å². The van der Waals surface area contributed by atoms with Crippen molar-refractivity contribution in [2.75, 3.05) is 13.4 Å². The summed E-state index contributed by atoms with van der Waals surface area (Å²) < 4.78 is 10.2. The van der Waals surface area contributed by atoms with Crippen LogP contribution >= 0.6 is 0 Å². The largest absolute Gasteiger partial charge is 0.438 e. The van der Waals surface area contributed by atoms with E-state index in [1.807, 2.05) is 13.0 Å². The Morgan fingerprint density at radius 3 is 2.61 bits per heavy atom. The van der Waals surface area contributed by atoms with Crippen molar-refractivity contribution in [2.45, 2.75) is 65.2 Å². The maximum Gasteiger partial charge on any atom is 0.307 e. The maximum absolute atomic E-state index is 11.3. The molecule has 3 nitrogen and oxygen atoms in total. The first kappa shape index (κ1) is 17.2. The zero-order chi connectivity index (χ0) is 13.5. The zero-order valence-corrected chi connectivity index (χ0v) is 12.0. The second-order valence-electron chi connectivity index (χ2n) is 4.42. The highest BCUT2D eigenvalue weighted by atomic mass is 16.7. The third-order valence-electron chi connectivity index (χ3n) is 2.68. The molecule has 0 aromatic heterocycles. The molecule has 0 rings (SSSR count). The summed E-state index contributed by atoms with van der Waals surface area (Å²) in [5, 5.41) is 0. The molecular weight excluding hydrogens is 228 g/mol. The van der Waals surface area contributed by atoms with Gasteiger partial charge in [-0.25, -0.2) is 0 Å². The summed E-state index contributed by atoms with van der Waals surface area (Å²) in [6, 6.07) is 0. The third kappa shape index (κ3) is 13.2. The third-order valence-corrected chi connectivity index (χ3v) is 2.68. The molecule has 0 saturated heterocycles. The minimum absolute atomic E-state index is 0.107. The van der Waals surface area contributed by atoms with Crippen LogP contribution in [0.5, 0.6) is 0 Å². The molecule has 0 aliphatic heterocycles. The average molecular weight is 256 g/mol. The van der Waals surface area contributed by atoms with Gasteiger partial charge in [-0.3, -0.25) is 4.79 Å². The summed E-state index contributed by atoms with van der Waals surface area (Å²) in [4.78, 5) is 11.3. The SMILES string of the molecule is CC=CCCCC(=O)OCOCCCCCCC. The number of hydrogen-bond acceptors (Lipinski definition) is 3. The minimum atomic E-state index is -0.162. The van der Waals surface area contributed by atoms with E-state index in [-0.39, 0.29) is 12.8 Å². The van der Waals surface area contributed by atoms with Crippen LogP contribution in [0, 0.1) is 0 Å². The molecule has 0 aliphatic carbocycles. The molecule has 106 valence electrons. The Kier molecular flexibility index (Phi) is 13.6. The summed E-state index contributed by atoms with van der Waals surface area (Å²) >= 11 is 0. The van der Waals surface area contributed by atoms with Crippen molar-refractivity contribution in [1.82, 2.24) is 0 Å². The summed E-state index contributed by atoms with van der Waals surface area (Å²) in [6.07, 6.45) is 12.4. The molecule has 0 bridgehead atoms. The second-order valence-corrected chi connectivity index (χ2v) is 4.42. The summed E-state index contributed by atoms with van der Waals surface area (Å²) in [5.74, 6) is -0.162. The highest BCUT2D eigenvalue weighted by molar-refractivity contribution is 5.69. The molecule has 0 aromatic rings. The van der Waals surface area contributed by atoms with Gasteiger partial charge in [0, 0.05) is 6.42 Å². The predicted octanol–water partition coefficient (Wildman–Crippen LogP) is 4.22. The predicted molar refractivity (Wildman–Crippen MR) is 74.3 cm³/mol. The number of allylic oxidation sites excluding steroid dienone is 2. The van der Waals surface area contributed by atoms with Crippen molar-refractivity contribution >= 4 is 5.97 Å². The Hall–Kier alpha value is -0.830. The summed E-state index contributed by atoms with van der Waals surface area (Å²) in [6.45, 7) is 4.98. The number of rotatable bonds is 12. The standard InChI is InChI=1S/C15H28O3/c1-3-5-7-9-11-13-17-14-18-15(16)12-10-8-6-4-2/h4,6H,3,5,7-14H2,1-2H3. The molecule has 0 saturated carbocycles. The molecule has 0 aliphatic rings. The summed E-state index contributed by atoms with van der Waals surface area (Å²) in [5.41, 5.74) is 0. The van der Waals surface area contributed by atoms with Gasteiger partial charge in [-0.15, -0.1) is 0 Å². The molecule has 18 heavy (non-hydrogen) atoms. The molecule has 0 spiro atoms. The normalized spacial score (nSPS) is 11.0. The molecular formula is C15H28O3. The van der Waals surface area contributed by atoms with Crippen molar-refractivity contribution in [2.24, 2.45) is 0 Å². The van der Waals surface area contributed by atoms with Gasteiger partial charge in [-0.2, -0.15) is 0 Å². The van der Waals surface area contributed by atoms with Crippen molar-refractivity contribution in [1.29, 1.82) is 0 Å². The first-order valence-corrected chi connectivity index (χ1v) is 7.15. The Labute approximate surface area is 112 Å². The molecule has 0 unspecified atom stereocenters. The first-order chi connectivity index (χ1) is 8.81. The zero-order valence-electron chi connectivity index (χ0n) is 12.0. The quantitative estimate of drug-likeness (QED) is 0.227. The van der Waals surface area contributed by atoms with E-state index in [1.165, 1.54) is 25.7 Å². The number of esters is 1. The van der Waals surface area contributed by atoms with Crippen LogP contribution in [0.3, 0.4) is 0 Å². The van der Waals surface area contributed by atoms with Crippen LogP contribution in [0.25, 0.3) is 0 Å². The lowest BCUT2D eigenvalue weighted by molar-refractivity contribution is -0.156. The number of carbonyl (C=O) groups excluding carboxylic acids is 1. The van der Waals surface area contributed by atoms with E-state index >= 15 is 0 Å². The topological polar surface area (TPSA) is 35.5 Å². The Morgan fingerprint density at radius 1 is 1.11 bits per heavy atom. The fraction of sp³-hybridized carbons (Fsp3) is 0.800. The smallest absolute Gasteiger partial charge is 0.307 e. The average Bonchev–Trinajstić information content (AvgIpc) is 2.38. The Morgan fingerprint density at radius 2 is 1.89 bits per heavy atom. The number of carbonyl (C=O) groups is 1. The van der Waals surface area contributed by atoms with Crippen LogP contribution in [0.15, 0.2) is 12.2 Å². The van der Waals surface area contributed by atoms with Gasteiger partial charge in [-0.1, -0.05) is 44.8 Å². The van der Waals surface area contributed by atoms with Gasteiger partial charge in [0.2, 0.25) is 0 Å². The van der Waals surface area contributed by atoms with Gasteiger partial charge in [0.25, 0.3) is 0 Å². The minimum Gasteiger partial charge on any atom is -0.438 e. The number of hydrogen-bond donors (Lipinski definition) is 0. The number of unbranched alkanes of at least 4 members (excludes halogenated alkanes) is 5. The molecule has 3 heteroatoms. The molecule has 0 N–H and O–H groups in total. The van der Waals surface area contributed by atoms with Crippen LogP contribution in [0.1, 0.15) is 65.2 Å². The highest BCUT2D eigenvalue weighted by Crippen LogP contribution is 2.03. The van der Waals surface area contributed by atoms with Crippen molar-refractivity contribution < 1.29 is 14.3 Å².